The van der Waals surface area contributed by atoms with Gasteiger partial charge in [0.15, 0.2) is 0 Å². The lowest BCUT2D eigenvalue weighted by molar-refractivity contribution is -0.124. The maximum atomic E-state index is 14.6. The molecule has 2 heterocycles. The molecule has 0 aliphatic carbocycles. The lowest BCUT2D eigenvalue weighted by Gasteiger charge is -2.33. The fourth-order valence-corrected chi connectivity index (χ4v) is 3.83. The first-order valence-electron chi connectivity index (χ1n) is 10.8. The Labute approximate surface area is 195 Å². The van der Waals surface area contributed by atoms with E-state index >= 15 is 0 Å². The van der Waals surface area contributed by atoms with Crippen molar-refractivity contribution in [3.05, 3.63) is 48.3 Å². The maximum Gasteiger partial charge on any atom is 0.417 e. The molecular formula is C24H28F4N4O2. The number of ether oxygens (including phenoxy) is 1. The highest BCUT2D eigenvalue weighted by Gasteiger charge is 2.35. The number of benzene rings is 1. The zero-order valence-corrected chi connectivity index (χ0v) is 19.1. The van der Waals surface area contributed by atoms with Crippen molar-refractivity contribution in [1.82, 2.24) is 15.2 Å². The molecule has 3 rings (SSSR count). The summed E-state index contributed by atoms with van der Waals surface area (Å²) in [5, 5.41) is 6.52. The van der Waals surface area contributed by atoms with E-state index in [2.05, 4.69) is 22.2 Å². The van der Waals surface area contributed by atoms with Crippen LogP contribution in [0.25, 0.3) is 22.4 Å². The van der Waals surface area contributed by atoms with E-state index < -0.39 is 24.0 Å². The van der Waals surface area contributed by atoms with Gasteiger partial charge in [-0.05, 0) is 31.7 Å². The second kappa shape index (κ2) is 11.0. The number of carbonyl (C=O) groups is 1. The van der Waals surface area contributed by atoms with Crippen LogP contribution in [0.5, 0.6) is 0 Å². The summed E-state index contributed by atoms with van der Waals surface area (Å²) in [6.07, 6.45) is -2.13. The molecule has 0 unspecified atom stereocenters. The summed E-state index contributed by atoms with van der Waals surface area (Å²) in [5.74, 6) is -0.324. The van der Waals surface area contributed by atoms with Crippen LogP contribution in [0.1, 0.15) is 17.8 Å². The van der Waals surface area contributed by atoms with E-state index in [4.69, 9.17) is 4.74 Å². The van der Waals surface area contributed by atoms with Crippen molar-refractivity contribution in [3.63, 3.8) is 0 Å². The highest BCUT2D eigenvalue weighted by Crippen LogP contribution is 2.37. The molecule has 0 bridgehead atoms. The van der Waals surface area contributed by atoms with Crippen LogP contribution in [0.4, 0.5) is 23.2 Å². The van der Waals surface area contributed by atoms with Gasteiger partial charge in [-0.2, -0.15) is 13.2 Å². The van der Waals surface area contributed by atoms with Gasteiger partial charge in [-0.1, -0.05) is 24.8 Å². The molecule has 1 aliphatic heterocycles. The number of rotatable bonds is 8. The van der Waals surface area contributed by atoms with E-state index in [1.54, 1.807) is 30.3 Å². The molecule has 1 aromatic carbocycles. The van der Waals surface area contributed by atoms with Gasteiger partial charge in [0.2, 0.25) is 5.91 Å². The van der Waals surface area contributed by atoms with Crippen LogP contribution in [0.15, 0.2) is 36.9 Å². The average Bonchev–Trinajstić information content (AvgIpc) is 2.77. The first-order valence-corrected chi connectivity index (χ1v) is 10.8. The van der Waals surface area contributed by atoms with E-state index in [1.165, 1.54) is 13.2 Å². The fraction of sp³-hybridized carbons (Fsp3) is 0.417. The van der Waals surface area contributed by atoms with Crippen molar-refractivity contribution in [2.45, 2.75) is 24.8 Å². The third-order valence-corrected chi connectivity index (χ3v) is 5.59. The van der Waals surface area contributed by atoms with Crippen LogP contribution in [-0.2, 0) is 9.53 Å². The first-order chi connectivity index (χ1) is 16.1. The second-order valence-electron chi connectivity index (χ2n) is 8.23. The normalized spacial score (nSPS) is 19.5. The van der Waals surface area contributed by atoms with Gasteiger partial charge in [0, 0.05) is 43.2 Å². The summed E-state index contributed by atoms with van der Waals surface area (Å²) in [4.78, 5) is 17.6. The summed E-state index contributed by atoms with van der Waals surface area (Å²) in [6.45, 7) is 4.27. The van der Waals surface area contributed by atoms with Crippen molar-refractivity contribution >= 4 is 34.0 Å². The lowest BCUT2D eigenvalue weighted by atomic mass is 9.99. The van der Waals surface area contributed by atoms with Crippen molar-refractivity contribution in [2.75, 3.05) is 45.7 Å². The molecule has 2 aromatic rings. The second-order valence-corrected chi connectivity index (χ2v) is 8.23. The van der Waals surface area contributed by atoms with Gasteiger partial charge >= 0.3 is 6.18 Å². The van der Waals surface area contributed by atoms with Crippen LogP contribution in [0, 0.1) is 0 Å². The number of carbonyl (C=O) groups excluding carboxylic acids is 1. The number of hydrogen-bond donors (Lipinski definition) is 2. The van der Waals surface area contributed by atoms with E-state index in [9.17, 15) is 22.4 Å². The maximum absolute atomic E-state index is 14.6. The molecule has 34 heavy (non-hydrogen) atoms. The van der Waals surface area contributed by atoms with Gasteiger partial charge < -0.3 is 20.3 Å². The number of allylic oxidation sites excluding steroid dienone is 1. The van der Waals surface area contributed by atoms with E-state index in [0.717, 1.165) is 0 Å². The van der Waals surface area contributed by atoms with Gasteiger partial charge in [-0.3, -0.25) is 4.79 Å². The number of nitrogens with zero attached hydrogens (tertiary/aromatic N) is 2. The van der Waals surface area contributed by atoms with Crippen molar-refractivity contribution in [3.8, 4) is 0 Å². The minimum Gasteiger partial charge on any atom is -0.379 e. The Bertz CT molecular complexity index is 1070. The minimum absolute atomic E-state index is 0.0980. The van der Waals surface area contributed by atoms with Crippen molar-refractivity contribution in [1.29, 1.82) is 0 Å². The molecule has 1 aromatic heterocycles. The first kappa shape index (κ1) is 25.6. The molecule has 1 fully saturated rings. The molecule has 2 N–H and O–H groups in total. The zero-order chi connectivity index (χ0) is 24.9. The molecule has 1 saturated heterocycles. The highest BCUT2D eigenvalue weighted by atomic mass is 19.4. The molecule has 6 nitrogen and oxygen atoms in total. The predicted octanol–water partition coefficient (Wildman–Crippen LogP) is 4.04. The summed E-state index contributed by atoms with van der Waals surface area (Å²) >= 11 is 0. The smallest absolute Gasteiger partial charge is 0.379 e. The third kappa shape index (κ3) is 6.32. The Kier molecular flexibility index (Phi) is 8.27. The number of aromatic nitrogens is 1. The van der Waals surface area contributed by atoms with Crippen LogP contribution in [-0.4, -0.2) is 74.6 Å². The Morgan fingerprint density at radius 3 is 2.79 bits per heavy atom. The number of anilines is 1. The standard InChI is InChI=1S/C24H28F4N4O2/c1-15(24(26,27)28)23-17-7-4-8-20(31-21-9-11-32(2)13-19(21)25)18(17)12-16(30-23)6-5-10-29-22(33)14-34-3/h4-8,12,19,21,31H,1,9-11,13-14H2,2-3H3,(H,29,33)/b6-5+/t19-,21+/m0/s1. The summed E-state index contributed by atoms with van der Waals surface area (Å²) in [5.41, 5.74) is -0.586. The molecule has 184 valence electrons. The number of alkyl halides is 4. The minimum atomic E-state index is -4.67. The highest BCUT2D eigenvalue weighted by molar-refractivity contribution is 6.00. The number of methoxy groups -OCH3 is 1. The molecule has 0 saturated carbocycles. The number of pyridine rings is 1. The predicted molar refractivity (Wildman–Crippen MR) is 125 cm³/mol. The molecular weight excluding hydrogens is 452 g/mol. The lowest BCUT2D eigenvalue weighted by Crippen LogP contribution is -2.46. The number of piperidine rings is 1. The molecule has 1 amide bonds. The van der Waals surface area contributed by atoms with Crippen LogP contribution >= 0.6 is 0 Å². The van der Waals surface area contributed by atoms with Crippen molar-refractivity contribution in [2.24, 2.45) is 0 Å². The number of nitrogens with one attached hydrogen (secondary N) is 2. The quantitative estimate of drug-likeness (QED) is 0.559. The largest absolute Gasteiger partial charge is 0.417 e. The SMILES string of the molecule is C=C(c1nc(/C=C/CNC(=O)COC)cc2c(N[C@@H]3CCN(C)C[C@@H]3F)cccc12)C(F)(F)F. The van der Waals surface area contributed by atoms with E-state index in [1.807, 2.05) is 11.9 Å². The van der Waals surface area contributed by atoms with E-state index in [0.29, 0.717) is 24.0 Å². The fourth-order valence-electron chi connectivity index (χ4n) is 3.83. The number of hydrogen-bond acceptors (Lipinski definition) is 5. The Morgan fingerprint density at radius 1 is 1.35 bits per heavy atom. The molecule has 1 aliphatic rings. The van der Waals surface area contributed by atoms with Crippen LogP contribution in [0.2, 0.25) is 0 Å². The summed E-state index contributed by atoms with van der Waals surface area (Å²) in [7, 11) is 3.24. The summed E-state index contributed by atoms with van der Waals surface area (Å²) < 4.78 is 60.0. The number of fused-ring (bicyclic) bond motifs is 1. The number of halogens is 4. The average molecular weight is 481 g/mol. The van der Waals surface area contributed by atoms with Gasteiger partial charge in [0.1, 0.15) is 12.8 Å². The van der Waals surface area contributed by atoms with Gasteiger partial charge in [0.25, 0.3) is 0 Å². The topological polar surface area (TPSA) is 66.5 Å². The van der Waals surface area contributed by atoms with Crippen LogP contribution < -0.4 is 10.6 Å². The zero-order valence-electron chi connectivity index (χ0n) is 19.1. The third-order valence-electron chi connectivity index (χ3n) is 5.59. The van der Waals surface area contributed by atoms with Gasteiger partial charge in [-0.25, -0.2) is 9.37 Å². The Morgan fingerprint density at radius 2 is 2.12 bits per heavy atom. The van der Waals surface area contributed by atoms with Gasteiger partial charge in [-0.15, -0.1) is 0 Å². The van der Waals surface area contributed by atoms with Crippen molar-refractivity contribution < 1.29 is 27.1 Å². The number of amides is 1. The van der Waals surface area contributed by atoms with Crippen LogP contribution in [0.3, 0.4) is 0 Å². The number of likely N-dealkylation sites (tertiary alicyclic amines) is 1. The monoisotopic (exact) mass is 480 g/mol. The molecule has 10 heteroatoms. The van der Waals surface area contributed by atoms with Gasteiger partial charge in [0.05, 0.1) is 23.0 Å². The molecule has 0 radical (unpaired) electrons. The molecule has 0 spiro atoms. The Hall–Kier alpha value is -2.98. The van der Waals surface area contributed by atoms with E-state index in [-0.39, 0.29) is 42.4 Å². The molecule has 2 atom stereocenters. The summed E-state index contributed by atoms with van der Waals surface area (Å²) in [6, 6.07) is 6.05. The Balaban J connectivity index is 1.98.